The molecule has 1 aliphatic heterocycles. The number of nitrogens with zero attached hydrogens (tertiary/aromatic N) is 2. The van der Waals surface area contributed by atoms with Gasteiger partial charge >= 0.3 is 0 Å². The number of piperazine rings is 1. The predicted octanol–water partition coefficient (Wildman–Crippen LogP) is 3.74. The van der Waals surface area contributed by atoms with E-state index < -0.39 is 5.82 Å². The maximum Gasteiger partial charge on any atom is 0.265 e. The van der Waals surface area contributed by atoms with E-state index in [9.17, 15) is 18.8 Å². The Hall–Kier alpha value is -3.52. The summed E-state index contributed by atoms with van der Waals surface area (Å²) < 4.78 is 13.1. The van der Waals surface area contributed by atoms with Gasteiger partial charge in [-0.3, -0.25) is 14.4 Å². The van der Waals surface area contributed by atoms with E-state index in [4.69, 9.17) is 0 Å². The summed E-state index contributed by atoms with van der Waals surface area (Å²) >= 11 is 1.33. The topological polar surface area (TPSA) is 69.7 Å². The zero-order valence-corrected chi connectivity index (χ0v) is 17.4. The van der Waals surface area contributed by atoms with Gasteiger partial charge < -0.3 is 15.1 Å². The van der Waals surface area contributed by atoms with Crippen LogP contribution in [0.15, 0.2) is 66.0 Å². The van der Waals surface area contributed by atoms with Gasteiger partial charge in [-0.1, -0.05) is 18.2 Å². The van der Waals surface area contributed by atoms with E-state index in [1.165, 1.54) is 35.6 Å². The van der Waals surface area contributed by atoms with Gasteiger partial charge in [0.05, 0.1) is 16.1 Å². The first-order valence-electron chi connectivity index (χ1n) is 9.81. The summed E-state index contributed by atoms with van der Waals surface area (Å²) in [7, 11) is 0. The van der Waals surface area contributed by atoms with E-state index in [1.54, 1.807) is 46.2 Å². The third kappa shape index (κ3) is 4.64. The molecule has 0 atom stereocenters. The Morgan fingerprint density at radius 2 is 1.45 bits per heavy atom. The van der Waals surface area contributed by atoms with E-state index in [1.807, 2.05) is 5.38 Å². The number of carbonyl (C=O) groups excluding carboxylic acids is 3. The van der Waals surface area contributed by atoms with Crippen LogP contribution in [0.1, 0.15) is 30.4 Å². The van der Waals surface area contributed by atoms with Crippen molar-refractivity contribution in [3.63, 3.8) is 0 Å². The van der Waals surface area contributed by atoms with Gasteiger partial charge in [-0.25, -0.2) is 4.39 Å². The number of rotatable bonds is 4. The second-order valence-corrected chi connectivity index (χ2v) is 8.02. The largest absolute Gasteiger partial charge is 0.335 e. The van der Waals surface area contributed by atoms with Crippen molar-refractivity contribution in [1.29, 1.82) is 0 Å². The van der Waals surface area contributed by atoms with Gasteiger partial charge in [0.15, 0.2) is 0 Å². The van der Waals surface area contributed by atoms with Crippen LogP contribution in [0, 0.1) is 5.82 Å². The molecule has 4 rings (SSSR count). The third-order valence-corrected chi connectivity index (χ3v) is 5.96. The molecule has 2 aromatic carbocycles. The molecule has 31 heavy (non-hydrogen) atoms. The minimum Gasteiger partial charge on any atom is -0.335 e. The average Bonchev–Trinajstić information content (AvgIpc) is 3.34. The number of nitrogens with one attached hydrogen (secondary N) is 1. The van der Waals surface area contributed by atoms with Gasteiger partial charge in [0.2, 0.25) is 0 Å². The summed E-state index contributed by atoms with van der Waals surface area (Å²) in [5.41, 5.74) is 1.28. The first-order valence-corrected chi connectivity index (χ1v) is 10.7. The first kappa shape index (κ1) is 20.7. The number of hydrogen-bond donors (Lipinski definition) is 1. The molecule has 0 spiro atoms. The van der Waals surface area contributed by atoms with Gasteiger partial charge in [-0.05, 0) is 47.8 Å². The summed E-state index contributed by atoms with van der Waals surface area (Å²) in [6, 6.07) is 15.9. The molecule has 0 radical (unpaired) electrons. The van der Waals surface area contributed by atoms with Crippen molar-refractivity contribution in [2.24, 2.45) is 0 Å². The minimum atomic E-state index is -0.392. The number of benzene rings is 2. The smallest absolute Gasteiger partial charge is 0.265 e. The van der Waals surface area contributed by atoms with Gasteiger partial charge in [-0.2, -0.15) is 0 Å². The van der Waals surface area contributed by atoms with Crippen molar-refractivity contribution in [2.75, 3.05) is 31.5 Å². The lowest BCUT2D eigenvalue weighted by atomic mass is 10.1. The van der Waals surface area contributed by atoms with Crippen molar-refractivity contribution >= 4 is 34.7 Å². The standard InChI is InChI=1S/C23H20FN3O3S/c24-17-9-7-16(8-10-17)22(29)26-11-13-27(14-12-26)23(30)18-4-1-2-5-19(18)25-21(28)20-6-3-15-31-20/h1-10,15H,11-14H2,(H,25,28). The summed E-state index contributed by atoms with van der Waals surface area (Å²) in [6.07, 6.45) is 0. The lowest BCUT2D eigenvalue weighted by Crippen LogP contribution is -2.50. The minimum absolute atomic E-state index is 0.185. The molecule has 6 nitrogen and oxygen atoms in total. The van der Waals surface area contributed by atoms with Crippen LogP contribution in [0.3, 0.4) is 0 Å². The Bertz CT molecular complexity index is 1090. The SMILES string of the molecule is O=C(Nc1ccccc1C(=O)N1CCN(C(=O)c2ccc(F)cc2)CC1)c1cccs1. The summed E-state index contributed by atoms with van der Waals surface area (Å²) in [5, 5.41) is 4.63. The molecule has 1 fully saturated rings. The first-order chi connectivity index (χ1) is 15.0. The number of anilines is 1. The quantitative estimate of drug-likeness (QED) is 0.676. The van der Waals surface area contributed by atoms with Crippen molar-refractivity contribution in [1.82, 2.24) is 9.80 Å². The van der Waals surface area contributed by atoms with E-state index in [2.05, 4.69) is 5.32 Å². The Kier molecular flexibility index (Phi) is 6.08. The van der Waals surface area contributed by atoms with Gasteiger partial charge in [-0.15, -0.1) is 11.3 Å². The third-order valence-electron chi connectivity index (χ3n) is 5.10. The average molecular weight is 437 g/mol. The molecule has 1 aromatic heterocycles. The fraction of sp³-hybridized carbons (Fsp3) is 0.174. The van der Waals surface area contributed by atoms with Crippen LogP contribution in [-0.2, 0) is 0 Å². The van der Waals surface area contributed by atoms with Crippen LogP contribution in [0.25, 0.3) is 0 Å². The molecule has 8 heteroatoms. The van der Waals surface area contributed by atoms with Gasteiger partial charge in [0.25, 0.3) is 17.7 Å². The van der Waals surface area contributed by atoms with Crippen molar-refractivity contribution in [3.8, 4) is 0 Å². The molecular formula is C23H20FN3O3S. The molecule has 1 saturated heterocycles. The summed E-state index contributed by atoms with van der Waals surface area (Å²) in [6.45, 7) is 1.51. The fourth-order valence-corrected chi connectivity index (χ4v) is 4.05. The number of para-hydroxylation sites is 1. The summed E-state index contributed by atoms with van der Waals surface area (Å²) in [5.74, 6) is -1.03. The van der Waals surface area contributed by atoms with Crippen LogP contribution in [0.5, 0.6) is 0 Å². The summed E-state index contributed by atoms with van der Waals surface area (Å²) in [4.78, 5) is 42.0. The molecule has 0 unspecified atom stereocenters. The van der Waals surface area contributed by atoms with Crippen LogP contribution < -0.4 is 5.32 Å². The molecule has 0 aliphatic carbocycles. The van der Waals surface area contributed by atoms with E-state index >= 15 is 0 Å². The number of amides is 3. The molecule has 1 aliphatic rings. The highest BCUT2D eigenvalue weighted by Crippen LogP contribution is 2.21. The Balaban J connectivity index is 1.41. The van der Waals surface area contributed by atoms with Crippen LogP contribution in [0.4, 0.5) is 10.1 Å². The van der Waals surface area contributed by atoms with Crippen molar-refractivity contribution in [3.05, 3.63) is 87.9 Å². The molecular weight excluding hydrogens is 417 g/mol. The van der Waals surface area contributed by atoms with Crippen molar-refractivity contribution < 1.29 is 18.8 Å². The molecule has 0 bridgehead atoms. The van der Waals surface area contributed by atoms with Crippen LogP contribution >= 0.6 is 11.3 Å². The highest BCUT2D eigenvalue weighted by molar-refractivity contribution is 7.12. The highest BCUT2D eigenvalue weighted by atomic mass is 32.1. The predicted molar refractivity (Wildman–Crippen MR) is 117 cm³/mol. The van der Waals surface area contributed by atoms with E-state index in [0.29, 0.717) is 47.9 Å². The molecule has 0 saturated carbocycles. The zero-order valence-electron chi connectivity index (χ0n) is 16.6. The van der Waals surface area contributed by atoms with Gasteiger partial charge in [0.1, 0.15) is 5.82 Å². The molecule has 2 heterocycles. The molecule has 3 aromatic rings. The van der Waals surface area contributed by atoms with Crippen molar-refractivity contribution in [2.45, 2.75) is 0 Å². The second kappa shape index (κ2) is 9.09. The molecule has 158 valence electrons. The number of carbonyl (C=O) groups is 3. The number of thiophene rings is 1. The maximum absolute atomic E-state index is 13.1. The highest BCUT2D eigenvalue weighted by Gasteiger charge is 2.27. The molecule has 1 N–H and O–H groups in total. The van der Waals surface area contributed by atoms with Crippen LogP contribution in [0.2, 0.25) is 0 Å². The van der Waals surface area contributed by atoms with E-state index in [-0.39, 0.29) is 17.7 Å². The Labute approximate surface area is 182 Å². The lowest BCUT2D eigenvalue weighted by Gasteiger charge is -2.35. The van der Waals surface area contributed by atoms with E-state index in [0.717, 1.165) is 0 Å². The molecule has 3 amide bonds. The van der Waals surface area contributed by atoms with Crippen LogP contribution in [-0.4, -0.2) is 53.7 Å². The van der Waals surface area contributed by atoms with Gasteiger partial charge in [0, 0.05) is 31.7 Å². The fourth-order valence-electron chi connectivity index (χ4n) is 3.43. The Morgan fingerprint density at radius 1 is 0.806 bits per heavy atom. The lowest BCUT2D eigenvalue weighted by molar-refractivity contribution is 0.0536. The zero-order chi connectivity index (χ0) is 21.8. The second-order valence-electron chi connectivity index (χ2n) is 7.07. The maximum atomic E-state index is 13.1. The number of hydrogen-bond acceptors (Lipinski definition) is 4. The Morgan fingerprint density at radius 3 is 2.10 bits per heavy atom. The monoisotopic (exact) mass is 437 g/mol. The normalized spacial score (nSPS) is 13.7. The number of halogens is 1.